The van der Waals surface area contributed by atoms with Crippen LogP contribution < -0.4 is 11.1 Å². The van der Waals surface area contributed by atoms with Crippen LogP contribution in [0.2, 0.25) is 0 Å². The highest BCUT2D eigenvalue weighted by Crippen LogP contribution is 2.12. The number of hydrogen-bond donors (Lipinski definition) is 2. The molecular formula is C18H38N2. The highest BCUT2D eigenvalue weighted by atomic mass is 15.0. The average Bonchev–Trinajstić information content (AvgIpc) is 2.43. The quantitative estimate of drug-likeness (QED) is 0.367. The van der Waals surface area contributed by atoms with Crippen LogP contribution in [0.25, 0.3) is 0 Å². The highest BCUT2D eigenvalue weighted by molar-refractivity contribution is 4.81. The van der Waals surface area contributed by atoms with Crippen LogP contribution in [0.1, 0.15) is 96.8 Å². The predicted octanol–water partition coefficient (Wildman–Crippen LogP) is 5.49. The third kappa shape index (κ3) is 17.3. The average molecular weight is 283 g/mol. The van der Waals surface area contributed by atoms with Crippen molar-refractivity contribution in [2.24, 2.45) is 5.73 Å². The Bertz CT molecular complexity index is 202. The van der Waals surface area contributed by atoms with Crippen molar-refractivity contribution in [2.75, 3.05) is 6.54 Å². The Hall–Kier alpha value is -0.660. The van der Waals surface area contributed by atoms with Gasteiger partial charge in [0.2, 0.25) is 0 Å². The summed E-state index contributed by atoms with van der Waals surface area (Å²) in [5, 5.41) is 3.07. The minimum Gasteiger partial charge on any atom is -0.386 e. The molecule has 120 valence electrons. The fourth-order valence-electron chi connectivity index (χ4n) is 2.57. The van der Waals surface area contributed by atoms with Crippen molar-refractivity contribution in [1.82, 2.24) is 5.32 Å². The monoisotopic (exact) mass is 282 g/mol. The van der Waals surface area contributed by atoms with Gasteiger partial charge in [-0.15, -0.1) is 0 Å². The molecule has 20 heavy (non-hydrogen) atoms. The van der Waals surface area contributed by atoms with Crippen LogP contribution in [0.4, 0.5) is 0 Å². The second-order valence-corrected chi connectivity index (χ2v) is 6.05. The van der Waals surface area contributed by atoms with Gasteiger partial charge in [-0.05, 0) is 6.42 Å². The van der Waals surface area contributed by atoms with Crippen molar-refractivity contribution in [3.63, 3.8) is 0 Å². The second-order valence-electron chi connectivity index (χ2n) is 6.05. The van der Waals surface area contributed by atoms with E-state index in [9.17, 15) is 0 Å². The van der Waals surface area contributed by atoms with E-state index in [1.165, 1.54) is 89.9 Å². The molecule has 0 radical (unpaired) electrons. The van der Waals surface area contributed by atoms with Crippen LogP contribution in [-0.4, -0.2) is 6.54 Å². The molecule has 0 saturated carbocycles. The molecule has 0 fully saturated rings. The fourth-order valence-corrected chi connectivity index (χ4v) is 2.57. The first-order chi connectivity index (χ1) is 9.77. The van der Waals surface area contributed by atoms with E-state index < -0.39 is 0 Å². The minimum absolute atomic E-state index is 0.597. The van der Waals surface area contributed by atoms with E-state index >= 15 is 0 Å². The fraction of sp³-hybridized carbons (Fsp3) is 0.889. The van der Waals surface area contributed by atoms with E-state index in [1.807, 2.05) is 0 Å². The molecule has 3 N–H and O–H groups in total. The number of nitrogens with one attached hydrogen (secondary N) is 1. The van der Waals surface area contributed by atoms with Crippen LogP contribution in [0, 0.1) is 0 Å². The third-order valence-corrected chi connectivity index (χ3v) is 3.88. The first kappa shape index (κ1) is 19.3. The van der Waals surface area contributed by atoms with Crippen molar-refractivity contribution < 1.29 is 0 Å². The molecule has 0 unspecified atom stereocenters. The molecule has 0 rings (SSSR count). The number of rotatable bonds is 16. The Balaban J connectivity index is 2.94. The highest BCUT2D eigenvalue weighted by Gasteiger charge is 1.94. The molecule has 0 spiro atoms. The summed E-state index contributed by atoms with van der Waals surface area (Å²) in [7, 11) is 0. The van der Waals surface area contributed by atoms with Gasteiger partial charge in [-0.3, -0.25) is 0 Å². The molecule has 0 aromatic carbocycles. The van der Waals surface area contributed by atoms with E-state index in [0.29, 0.717) is 5.82 Å². The molecule has 0 aromatic heterocycles. The second kappa shape index (κ2) is 16.4. The zero-order chi connectivity index (χ0) is 14.9. The lowest BCUT2D eigenvalue weighted by Gasteiger charge is -2.05. The summed E-state index contributed by atoms with van der Waals surface area (Å²) >= 11 is 0. The summed E-state index contributed by atoms with van der Waals surface area (Å²) in [5.74, 6) is 0.597. The standard InChI is InChI=1S/C18H38N2/c1-3-4-5-6-7-8-9-10-11-12-13-14-15-16-17-20-18(2)19/h20H,2-17,19H2,1H3. The molecule has 0 amide bonds. The van der Waals surface area contributed by atoms with Crippen LogP contribution >= 0.6 is 0 Å². The molecule has 0 bridgehead atoms. The van der Waals surface area contributed by atoms with Gasteiger partial charge in [-0.25, -0.2) is 0 Å². The van der Waals surface area contributed by atoms with Gasteiger partial charge in [-0.2, -0.15) is 0 Å². The molecule has 0 aromatic rings. The smallest absolute Gasteiger partial charge is 0.0885 e. The summed E-state index contributed by atoms with van der Waals surface area (Å²) in [6.07, 6.45) is 19.7. The Kier molecular flexibility index (Phi) is 15.9. The van der Waals surface area contributed by atoms with Gasteiger partial charge in [0.1, 0.15) is 0 Å². The van der Waals surface area contributed by atoms with Gasteiger partial charge in [0.25, 0.3) is 0 Å². The number of hydrogen-bond acceptors (Lipinski definition) is 2. The maximum atomic E-state index is 5.44. The van der Waals surface area contributed by atoms with Crippen molar-refractivity contribution >= 4 is 0 Å². The minimum atomic E-state index is 0.597. The molecular weight excluding hydrogens is 244 g/mol. The lowest BCUT2D eigenvalue weighted by molar-refractivity contribution is 0.533. The summed E-state index contributed by atoms with van der Waals surface area (Å²) < 4.78 is 0. The van der Waals surface area contributed by atoms with Crippen molar-refractivity contribution in [3.8, 4) is 0 Å². The van der Waals surface area contributed by atoms with E-state index in [1.54, 1.807) is 0 Å². The van der Waals surface area contributed by atoms with Crippen molar-refractivity contribution in [1.29, 1.82) is 0 Å². The largest absolute Gasteiger partial charge is 0.386 e. The van der Waals surface area contributed by atoms with Crippen LogP contribution in [0.15, 0.2) is 12.4 Å². The van der Waals surface area contributed by atoms with Crippen LogP contribution in [0.3, 0.4) is 0 Å². The lowest BCUT2D eigenvalue weighted by atomic mass is 10.0. The van der Waals surface area contributed by atoms with Gasteiger partial charge in [0.15, 0.2) is 0 Å². The Morgan fingerprint density at radius 3 is 1.40 bits per heavy atom. The number of nitrogens with two attached hydrogens (primary N) is 1. The van der Waals surface area contributed by atoms with E-state index in [2.05, 4.69) is 18.8 Å². The van der Waals surface area contributed by atoms with Crippen LogP contribution in [-0.2, 0) is 0 Å². The van der Waals surface area contributed by atoms with Gasteiger partial charge in [-0.1, -0.05) is 97.0 Å². The maximum absolute atomic E-state index is 5.44. The maximum Gasteiger partial charge on any atom is 0.0885 e. The molecule has 2 nitrogen and oxygen atoms in total. The molecule has 0 aliphatic rings. The zero-order valence-electron chi connectivity index (χ0n) is 13.9. The van der Waals surface area contributed by atoms with Gasteiger partial charge < -0.3 is 11.1 Å². The summed E-state index contributed by atoms with van der Waals surface area (Å²) in [6.45, 7) is 6.89. The molecule has 0 atom stereocenters. The SMILES string of the molecule is C=C(N)NCCCCCCCCCCCCCCCC. The zero-order valence-corrected chi connectivity index (χ0v) is 13.9. The summed E-state index contributed by atoms with van der Waals surface area (Å²) in [5.41, 5.74) is 5.44. The molecule has 0 aliphatic heterocycles. The Labute approximate surface area is 127 Å². The molecule has 2 heteroatoms. The first-order valence-corrected chi connectivity index (χ1v) is 8.95. The lowest BCUT2D eigenvalue weighted by Crippen LogP contribution is -2.19. The van der Waals surface area contributed by atoms with Gasteiger partial charge in [0, 0.05) is 6.54 Å². The van der Waals surface area contributed by atoms with Crippen molar-refractivity contribution in [3.05, 3.63) is 12.4 Å². The molecule has 0 aliphatic carbocycles. The summed E-state index contributed by atoms with van der Waals surface area (Å²) in [6, 6.07) is 0. The van der Waals surface area contributed by atoms with E-state index in [0.717, 1.165) is 6.54 Å². The first-order valence-electron chi connectivity index (χ1n) is 8.95. The number of unbranched alkanes of at least 4 members (excludes halogenated alkanes) is 13. The van der Waals surface area contributed by atoms with E-state index in [4.69, 9.17) is 5.73 Å². The third-order valence-electron chi connectivity index (χ3n) is 3.88. The normalized spacial score (nSPS) is 10.7. The molecule has 0 saturated heterocycles. The topological polar surface area (TPSA) is 38.0 Å². The van der Waals surface area contributed by atoms with Gasteiger partial charge >= 0.3 is 0 Å². The van der Waals surface area contributed by atoms with Crippen molar-refractivity contribution in [2.45, 2.75) is 96.8 Å². The summed E-state index contributed by atoms with van der Waals surface area (Å²) in [4.78, 5) is 0. The Morgan fingerprint density at radius 1 is 0.700 bits per heavy atom. The molecule has 0 heterocycles. The van der Waals surface area contributed by atoms with Gasteiger partial charge in [0.05, 0.1) is 5.82 Å². The van der Waals surface area contributed by atoms with Crippen LogP contribution in [0.5, 0.6) is 0 Å². The Morgan fingerprint density at radius 2 is 1.05 bits per heavy atom. The van der Waals surface area contributed by atoms with E-state index in [-0.39, 0.29) is 0 Å². The predicted molar refractivity (Wildman–Crippen MR) is 91.6 cm³/mol.